The first-order valence-electron chi connectivity index (χ1n) is 8.28. The van der Waals surface area contributed by atoms with Crippen molar-refractivity contribution in [3.63, 3.8) is 0 Å². The van der Waals surface area contributed by atoms with Crippen molar-refractivity contribution in [2.45, 2.75) is 45.8 Å². The predicted octanol–water partition coefficient (Wildman–Crippen LogP) is 4.58. The van der Waals surface area contributed by atoms with Gasteiger partial charge in [-0.3, -0.25) is 0 Å². The molecule has 1 aromatic carbocycles. The highest BCUT2D eigenvalue weighted by Gasteiger charge is 2.52. The minimum Gasteiger partial charge on any atom is -0.414 e. The Morgan fingerprint density at radius 2 is 1.12 bits per heavy atom. The molecule has 0 aliphatic rings. The summed E-state index contributed by atoms with van der Waals surface area (Å²) in [5.41, 5.74) is 3.88. The third-order valence-corrected chi connectivity index (χ3v) is 16.2. The highest BCUT2D eigenvalue weighted by atomic mass is 28.5. The standard InChI is InChI=1S/C17H32O3Si4/c1-10-22(6,7)19-24(18-21(3,4)5,20-23(8,9)11-2)17-15-13-12-14-16-17/h10-16H,1-2H2,3-9H3. The lowest BCUT2D eigenvalue weighted by molar-refractivity contribution is 0.275. The highest BCUT2D eigenvalue weighted by molar-refractivity contribution is 6.97. The average Bonchev–Trinajstić information content (AvgIpc) is 2.45. The molecule has 3 nitrogen and oxygen atoms in total. The van der Waals surface area contributed by atoms with E-state index in [0.29, 0.717) is 0 Å². The third-order valence-electron chi connectivity index (χ3n) is 3.35. The molecule has 0 atom stereocenters. The monoisotopic (exact) mass is 396 g/mol. The van der Waals surface area contributed by atoms with E-state index in [2.05, 4.69) is 71.1 Å². The van der Waals surface area contributed by atoms with Gasteiger partial charge in [0.15, 0.2) is 8.32 Å². The largest absolute Gasteiger partial charge is 0.506 e. The fourth-order valence-electron chi connectivity index (χ4n) is 2.06. The van der Waals surface area contributed by atoms with Gasteiger partial charge in [-0.25, -0.2) is 0 Å². The van der Waals surface area contributed by atoms with Gasteiger partial charge in [-0.05, 0) is 45.8 Å². The summed E-state index contributed by atoms with van der Waals surface area (Å²) in [6.45, 7) is 23.0. The summed E-state index contributed by atoms with van der Waals surface area (Å²) >= 11 is 0. The lowest BCUT2D eigenvalue weighted by atomic mass is 10.4. The molecule has 0 unspecified atom stereocenters. The summed E-state index contributed by atoms with van der Waals surface area (Å²) in [7, 11) is -9.23. The average molecular weight is 397 g/mol. The molecule has 0 aliphatic carbocycles. The number of hydrogen-bond donors (Lipinski definition) is 0. The van der Waals surface area contributed by atoms with Crippen LogP contribution in [0.4, 0.5) is 0 Å². The Hall–Kier alpha value is -0.552. The molecule has 0 N–H and O–H groups in total. The molecule has 0 amide bonds. The van der Waals surface area contributed by atoms with Crippen molar-refractivity contribution < 1.29 is 12.3 Å². The van der Waals surface area contributed by atoms with E-state index in [4.69, 9.17) is 12.3 Å². The van der Waals surface area contributed by atoms with E-state index in [1.165, 1.54) is 0 Å². The van der Waals surface area contributed by atoms with Crippen LogP contribution in [0.1, 0.15) is 0 Å². The Morgan fingerprint density at radius 1 is 0.708 bits per heavy atom. The Labute approximate surface area is 152 Å². The van der Waals surface area contributed by atoms with E-state index < -0.39 is 33.8 Å². The quantitative estimate of drug-likeness (QED) is 0.572. The molecule has 0 radical (unpaired) electrons. The normalized spacial score (nSPS) is 13.6. The molecule has 134 valence electrons. The highest BCUT2D eigenvalue weighted by Crippen LogP contribution is 2.26. The molecular formula is C17H32O3Si4. The van der Waals surface area contributed by atoms with Crippen LogP contribution in [0, 0.1) is 0 Å². The smallest absolute Gasteiger partial charge is 0.414 e. The van der Waals surface area contributed by atoms with E-state index in [1.54, 1.807) is 0 Å². The first kappa shape index (κ1) is 21.5. The van der Waals surface area contributed by atoms with Crippen molar-refractivity contribution in [3.8, 4) is 0 Å². The second-order valence-corrected chi connectivity index (χ2v) is 23.6. The van der Waals surface area contributed by atoms with Gasteiger partial charge in [-0.2, -0.15) is 0 Å². The lowest BCUT2D eigenvalue weighted by Gasteiger charge is -2.43. The topological polar surface area (TPSA) is 27.7 Å². The minimum absolute atomic E-state index is 1.03. The van der Waals surface area contributed by atoms with Crippen LogP contribution in [-0.4, -0.2) is 33.8 Å². The summed E-state index contributed by atoms with van der Waals surface area (Å²) in [5.74, 6) is 0. The zero-order chi connectivity index (χ0) is 18.6. The molecule has 24 heavy (non-hydrogen) atoms. The maximum Gasteiger partial charge on any atom is 0.506 e. The maximum absolute atomic E-state index is 6.71. The molecule has 0 fully saturated rings. The zero-order valence-corrected chi connectivity index (χ0v) is 20.2. The first-order chi connectivity index (χ1) is 10.8. The fraction of sp³-hybridized carbons (Fsp3) is 0.412. The van der Waals surface area contributed by atoms with Crippen molar-refractivity contribution in [2.24, 2.45) is 0 Å². The summed E-state index contributed by atoms with van der Waals surface area (Å²) < 4.78 is 20.1. The van der Waals surface area contributed by atoms with Crippen molar-refractivity contribution in [2.75, 3.05) is 0 Å². The molecule has 1 rings (SSSR count). The Kier molecular flexibility index (Phi) is 6.96. The van der Waals surface area contributed by atoms with Crippen LogP contribution < -0.4 is 5.19 Å². The lowest BCUT2D eigenvalue weighted by Crippen LogP contribution is -2.67. The molecule has 0 bridgehead atoms. The second-order valence-electron chi connectivity index (χ2n) is 7.96. The van der Waals surface area contributed by atoms with E-state index in [9.17, 15) is 0 Å². The van der Waals surface area contributed by atoms with Gasteiger partial charge < -0.3 is 12.3 Å². The summed E-state index contributed by atoms with van der Waals surface area (Å²) in [6, 6.07) is 10.2. The van der Waals surface area contributed by atoms with Crippen molar-refractivity contribution in [1.29, 1.82) is 0 Å². The Balaban J connectivity index is 3.53. The van der Waals surface area contributed by atoms with Crippen LogP contribution in [0.15, 0.2) is 54.9 Å². The second kappa shape index (κ2) is 7.77. The zero-order valence-electron chi connectivity index (χ0n) is 16.2. The van der Waals surface area contributed by atoms with Crippen molar-refractivity contribution >= 4 is 38.9 Å². The molecule has 0 aromatic heterocycles. The van der Waals surface area contributed by atoms with Crippen LogP contribution in [0.5, 0.6) is 0 Å². The van der Waals surface area contributed by atoms with Gasteiger partial charge >= 0.3 is 8.80 Å². The van der Waals surface area contributed by atoms with Crippen molar-refractivity contribution in [1.82, 2.24) is 0 Å². The molecule has 0 saturated heterocycles. The van der Waals surface area contributed by atoms with Gasteiger partial charge in [-0.15, -0.1) is 13.2 Å². The predicted molar refractivity (Wildman–Crippen MR) is 114 cm³/mol. The van der Waals surface area contributed by atoms with Gasteiger partial charge in [-0.1, -0.05) is 41.7 Å². The van der Waals surface area contributed by atoms with E-state index in [0.717, 1.165) is 5.19 Å². The first-order valence-corrected chi connectivity index (χ1v) is 19.4. The Bertz CT molecular complexity index is 543. The van der Waals surface area contributed by atoms with Crippen LogP contribution in [0.25, 0.3) is 0 Å². The molecule has 7 heteroatoms. The van der Waals surface area contributed by atoms with Gasteiger partial charge in [0, 0.05) is 5.19 Å². The van der Waals surface area contributed by atoms with Gasteiger partial charge in [0.05, 0.1) is 0 Å². The summed E-state index contributed by atoms with van der Waals surface area (Å²) in [6.07, 6.45) is 0. The molecule has 1 aromatic rings. The SMILES string of the molecule is C=C[Si](C)(C)O[Si](O[Si](C)(C)C)(O[Si](C)(C)C=C)c1ccccc1. The third kappa shape index (κ3) is 6.39. The van der Waals surface area contributed by atoms with Crippen LogP contribution >= 0.6 is 0 Å². The summed E-state index contributed by atoms with van der Waals surface area (Å²) in [5, 5.41) is 1.03. The van der Waals surface area contributed by atoms with Crippen molar-refractivity contribution in [3.05, 3.63) is 54.9 Å². The van der Waals surface area contributed by atoms with Gasteiger partial charge in [0.1, 0.15) is 0 Å². The molecular weight excluding hydrogens is 365 g/mol. The molecule has 0 heterocycles. The molecule has 0 spiro atoms. The van der Waals surface area contributed by atoms with Crippen LogP contribution in [0.3, 0.4) is 0 Å². The van der Waals surface area contributed by atoms with Crippen LogP contribution in [-0.2, 0) is 12.3 Å². The summed E-state index contributed by atoms with van der Waals surface area (Å²) in [4.78, 5) is 0. The van der Waals surface area contributed by atoms with Gasteiger partial charge in [0.2, 0.25) is 16.6 Å². The molecule has 0 aliphatic heterocycles. The van der Waals surface area contributed by atoms with E-state index >= 15 is 0 Å². The molecule has 0 saturated carbocycles. The number of rotatable bonds is 9. The fourth-order valence-corrected chi connectivity index (χ4v) is 15.1. The Morgan fingerprint density at radius 3 is 1.46 bits per heavy atom. The van der Waals surface area contributed by atoms with E-state index in [-0.39, 0.29) is 0 Å². The van der Waals surface area contributed by atoms with Crippen LogP contribution in [0.2, 0.25) is 45.8 Å². The van der Waals surface area contributed by atoms with Gasteiger partial charge in [0.25, 0.3) is 0 Å². The minimum atomic E-state index is -3.08. The van der Waals surface area contributed by atoms with E-state index in [1.807, 2.05) is 29.6 Å². The maximum atomic E-state index is 6.71. The number of benzene rings is 1. The number of hydrogen-bond acceptors (Lipinski definition) is 3.